The molecule has 0 amide bonds. The molecule has 0 atom stereocenters. The second-order valence-electron chi connectivity index (χ2n) is 5.97. The molecule has 3 aromatic rings. The van der Waals surface area contributed by atoms with Crippen molar-refractivity contribution in [3.63, 3.8) is 0 Å². The van der Waals surface area contributed by atoms with Gasteiger partial charge < -0.3 is 0 Å². The summed E-state index contributed by atoms with van der Waals surface area (Å²) in [7, 11) is -3.61. The summed E-state index contributed by atoms with van der Waals surface area (Å²) in [6.45, 7) is 1.99. The Labute approximate surface area is 152 Å². The molecule has 26 heavy (non-hydrogen) atoms. The third kappa shape index (κ3) is 3.73. The van der Waals surface area contributed by atoms with Crippen molar-refractivity contribution in [1.82, 2.24) is 9.78 Å². The second kappa shape index (κ2) is 6.98. The van der Waals surface area contributed by atoms with Gasteiger partial charge in [-0.05, 0) is 25.1 Å². The van der Waals surface area contributed by atoms with Crippen LogP contribution in [0.25, 0.3) is 23.0 Å². The van der Waals surface area contributed by atoms with Gasteiger partial charge in [0.15, 0.2) is 9.84 Å². The molecule has 6 heteroatoms. The molecule has 5 nitrogen and oxygen atoms in total. The zero-order valence-corrected chi connectivity index (χ0v) is 15.2. The number of allylic oxidation sites excluding steroid dienone is 1. The standard InChI is InChI=1S/C20H17N3O2S/c1-15-8-10-16(11-9-15)20-17(12-19(13-21)26(2,24)25)14-23(22-20)18-6-4-3-5-7-18/h3-12,14H,1-2H3/b19-12+. The highest BCUT2D eigenvalue weighted by atomic mass is 32.2. The molecule has 3 rings (SSSR count). The summed E-state index contributed by atoms with van der Waals surface area (Å²) in [6.07, 6.45) is 4.12. The molecule has 0 aliphatic rings. The molecule has 0 spiro atoms. The van der Waals surface area contributed by atoms with Crippen LogP contribution in [0.4, 0.5) is 0 Å². The number of para-hydroxylation sites is 1. The monoisotopic (exact) mass is 363 g/mol. The normalized spacial score (nSPS) is 12.0. The Bertz CT molecular complexity index is 1100. The third-order valence-electron chi connectivity index (χ3n) is 3.88. The van der Waals surface area contributed by atoms with E-state index in [-0.39, 0.29) is 4.91 Å². The molecular formula is C20H17N3O2S. The van der Waals surface area contributed by atoms with E-state index in [1.54, 1.807) is 16.9 Å². The number of benzene rings is 2. The summed E-state index contributed by atoms with van der Waals surface area (Å²) < 4.78 is 25.3. The minimum atomic E-state index is -3.61. The van der Waals surface area contributed by atoms with Gasteiger partial charge >= 0.3 is 0 Å². The van der Waals surface area contributed by atoms with Crippen LogP contribution >= 0.6 is 0 Å². The minimum absolute atomic E-state index is 0.293. The number of sulfone groups is 1. The van der Waals surface area contributed by atoms with Crippen LogP contribution in [0.5, 0.6) is 0 Å². The number of hydrogen-bond acceptors (Lipinski definition) is 4. The predicted molar refractivity (Wildman–Crippen MR) is 102 cm³/mol. The maximum atomic E-state index is 11.8. The maximum absolute atomic E-state index is 11.8. The second-order valence-corrected chi connectivity index (χ2v) is 7.96. The summed E-state index contributed by atoms with van der Waals surface area (Å²) in [5.74, 6) is 0. The van der Waals surface area contributed by atoms with Crippen molar-refractivity contribution in [3.8, 4) is 23.0 Å². The zero-order chi connectivity index (χ0) is 18.7. The maximum Gasteiger partial charge on any atom is 0.185 e. The first-order valence-electron chi connectivity index (χ1n) is 7.92. The molecule has 0 N–H and O–H groups in total. The molecule has 0 bridgehead atoms. The van der Waals surface area contributed by atoms with E-state index in [9.17, 15) is 13.7 Å². The Balaban J connectivity index is 2.21. The summed E-state index contributed by atoms with van der Waals surface area (Å²) >= 11 is 0. The lowest BCUT2D eigenvalue weighted by molar-refractivity contribution is 0.609. The smallest absolute Gasteiger partial charge is 0.185 e. The van der Waals surface area contributed by atoms with Crippen molar-refractivity contribution in [2.45, 2.75) is 6.92 Å². The Morgan fingerprint density at radius 2 is 1.77 bits per heavy atom. The molecule has 0 aliphatic carbocycles. The molecule has 0 aliphatic heterocycles. The van der Waals surface area contributed by atoms with E-state index in [1.165, 1.54) is 6.08 Å². The Hall–Kier alpha value is -3.17. The van der Waals surface area contributed by atoms with Crippen LogP contribution in [-0.2, 0) is 9.84 Å². The fourth-order valence-electron chi connectivity index (χ4n) is 2.51. The Morgan fingerprint density at radius 3 is 2.35 bits per heavy atom. The van der Waals surface area contributed by atoms with Gasteiger partial charge in [0.05, 0.1) is 5.69 Å². The van der Waals surface area contributed by atoms with Crippen molar-refractivity contribution in [2.75, 3.05) is 6.26 Å². The van der Waals surface area contributed by atoms with E-state index in [1.807, 2.05) is 61.5 Å². The van der Waals surface area contributed by atoms with Crippen LogP contribution in [0.3, 0.4) is 0 Å². The van der Waals surface area contributed by atoms with Crippen molar-refractivity contribution in [1.29, 1.82) is 5.26 Å². The van der Waals surface area contributed by atoms with Crippen LogP contribution in [0, 0.1) is 18.3 Å². The van der Waals surface area contributed by atoms with E-state index in [0.717, 1.165) is 23.1 Å². The molecule has 130 valence electrons. The number of aromatic nitrogens is 2. The molecule has 2 aromatic carbocycles. The summed E-state index contributed by atoms with van der Waals surface area (Å²) in [6, 6.07) is 19.1. The van der Waals surface area contributed by atoms with Gasteiger partial charge in [-0.25, -0.2) is 13.1 Å². The third-order valence-corrected chi connectivity index (χ3v) is 4.89. The van der Waals surface area contributed by atoms with E-state index in [4.69, 9.17) is 0 Å². The van der Waals surface area contributed by atoms with Crippen molar-refractivity contribution in [3.05, 3.63) is 76.8 Å². The fraction of sp³-hybridized carbons (Fsp3) is 0.100. The first-order valence-corrected chi connectivity index (χ1v) is 9.81. The van der Waals surface area contributed by atoms with Gasteiger partial charge in [-0.3, -0.25) is 0 Å². The van der Waals surface area contributed by atoms with Crippen molar-refractivity contribution < 1.29 is 8.42 Å². The first kappa shape index (κ1) is 17.6. The lowest BCUT2D eigenvalue weighted by Crippen LogP contribution is -1.98. The largest absolute Gasteiger partial charge is 0.240 e. The molecule has 0 unspecified atom stereocenters. The van der Waals surface area contributed by atoms with Gasteiger partial charge in [0.25, 0.3) is 0 Å². The SMILES string of the molecule is Cc1ccc(-c2nn(-c3ccccc3)cc2/C=C(\C#N)S(C)(=O)=O)cc1. The van der Waals surface area contributed by atoms with Crippen LogP contribution in [-0.4, -0.2) is 24.5 Å². The van der Waals surface area contributed by atoms with Gasteiger partial charge in [-0.2, -0.15) is 10.4 Å². The molecule has 0 fully saturated rings. The first-order chi connectivity index (χ1) is 12.4. The van der Waals surface area contributed by atoms with E-state index < -0.39 is 9.84 Å². The van der Waals surface area contributed by atoms with Gasteiger partial charge in [0, 0.05) is 23.6 Å². The number of rotatable bonds is 4. The molecule has 1 aromatic heterocycles. The predicted octanol–water partition coefficient (Wildman–Crippen LogP) is 3.76. The number of hydrogen-bond donors (Lipinski definition) is 0. The molecule has 0 saturated heterocycles. The lowest BCUT2D eigenvalue weighted by Gasteiger charge is -2.01. The van der Waals surface area contributed by atoms with Gasteiger partial charge in [0.1, 0.15) is 16.7 Å². The number of nitriles is 1. The average molecular weight is 363 g/mol. The van der Waals surface area contributed by atoms with Crippen molar-refractivity contribution in [2.24, 2.45) is 0 Å². The van der Waals surface area contributed by atoms with E-state index in [0.29, 0.717) is 11.3 Å². The van der Waals surface area contributed by atoms with Gasteiger partial charge in [-0.15, -0.1) is 0 Å². The molecule has 0 saturated carbocycles. The van der Waals surface area contributed by atoms with E-state index >= 15 is 0 Å². The number of aryl methyl sites for hydroxylation is 1. The van der Waals surface area contributed by atoms with Crippen LogP contribution in [0.15, 0.2) is 65.7 Å². The number of nitrogens with zero attached hydrogens (tertiary/aromatic N) is 3. The molecule has 1 heterocycles. The topological polar surface area (TPSA) is 75.8 Å². The van der Waals surface area contributed by atoms with E-state index in [2.05, 4.69) is 5.10 Å². The highest BCUT2D eigenvalue weighted by Gasteiger charge is 2.16. The van der Waals surface area contributed by atoms with Crippen LogP contribution in [0.2, 0.25) is 0 Å². The van der Waals surface area contributed by atoms with Crippen LogP contribution in [0.1, 0.15) is 11.1 Å². The highest BCUT2D eigenvalue weighted by Crippen LogP contribution is 2.26. The van der Waals surface area contributed by atoms with Crippen molar-refractivity contribution >= 4 is 15.9 Å². The van der Waals surface area contributed by atoms with Crippen LogP contribution < -0.4 is 0 Å². The lowest BCUT2D eigenvalue weighted by atomic mass is 10.1. The van der Waals surface area contributed by atoms with Gasteiger partial charge in [0.2, 0.25) is 0 Å². The average Bonchev–Trinajstić information content (AvgIpc) is 3.04. The summed E-state index contributed by atoms with van der Waals surface area (Å²) in [4.78, 5) is -0.293. The Morgan fingerprint density at radius 1 is 1.12 bits per heavy atom. The zero-order valence-electron chi connectivity index (χ0n) is 14.4. The summed E-state index contributed by atoms with van der Waals surface area (Å²) in [5.41, 5.74) is 3.99. The molecule has 0 radical (unpaired) electrons. The fourth-order valence-corrected chi connectivity index (χ4v) is 3.01. The quantitative estimate of drug-likeness (QED) is 0.662. The minimum Gasteiger partial charge on any atom is -0.240 e. The Kier molecular flexibility index (Phi) is 4.74. The highest BCUT2D eigenvalue weighted by molar-refractivity contribution is 7.95. The van der Waals surface area contributed by atoms with Gasteiger partial charge in [-0.1, -0.05) is 48.0 Å². The summed E-state index contributed by atoms with van der Waals surface area (Å²) in [5, 5.41) is 13.8. The molecular weight excluding hydrogens is 346 g/mol.